The standard InChI is InChI=1S/C12H16ClNO2S/c1-7(2)11(17)12(15)14-8-4-5-9(13)10(6-8)16-3/h4-7,11,17H,1-3H3,(H,14,15). The smallest absolute Gasteiger partial charge is 0.237 e. The molecular formula is C12H16ClNO2S. The Morgan fingerprint density at radius 1 is 1.47 bits per heavy atom. The number of halogens is 1. The molecule has 0 saturated carbocycles. The second kappa shape index (κ2) is 6.17. The largest absolute Gasteiger partial charge is 0.495 e. The van der Waals surface area contributed by atoms with E-state index in [1.165, 1.54) is 7.11 Å². The number of carbonyl (C=O) groups excluding carboxylic acids is 1. The van der Waals surface area contributed by atoms with Crippen LogP contribution in [0, 0.1) is 5.92 Å². The Bertz CT molecular complexity index is 409. The van der Waals surface area contributed by atoms with Crippen molar-refractivity contribution in [1.82, 2.24) is 0 Å². The zero-order valence-corrected chi connectivity index (χ0v) is 11.7. The summed E-state index contributed by atoms with van der Waals surface area (Å²) in [6, 6.07) is 5.09. The third kappa shape index (κ3) is 3.82. The van der Waals surface area contributed by atoms with Crippen molar-refractivity contribution in [1.29, 1.82) is 0 Å². The van der Waals surface area contributed by atoms with Gasteiger partial charge in [-0.15, -0.1) is 0 Å². The molecule has 1 rings (SSSR count). The fourth-order valence-electron chi connectivity index (χ4n) is 1.26. The molecule has 0 aliphatic heterocycles. The number of carbonyl (C=O) groups is 1. The van der Waals surface area contributed by atoms with Gasteiger partial charge in [0.2, 0.25) is 5.91 Å². The molecule has 1 N–H and O–H groups in total. The van der Waals surface area contributed by atoms with Gasteiger partial charge in [-0.3, -0.25) is 4.79 Å². The van der Waals surface area contributed by atoms with Crippen molar-refractivity contribution in [3.63, 3.8) is 0 Å². The highest BCUT2D eigenvalue weighted by molar-refractivity contribution is 7.81. The van der Waals surface area contributed by atoms with Gasteiger partial charge >= 0.3 is 0 Å². The van der Waals surface area contributed by atoms with Crippen molar-refractivity contribution in [3.8, 4) is 5.75 Å². The number of hydrogen-bond acceptors (Lipinski definition) is 3. The van der Waals surface area contributed by atoms with Crippen molar-refractivity contribution < 1.29 is 9.53 Å². The van der Waals surface area contributed by atoms with Gasteiger partial charge in [0, 0.05) is 11.8 Å². The summed E-state index contributed by atoms with van der Waals surface area (Å²) in [4.78, 5) is 11.8. The molecule has 0 spiro atoms. The summed E-state index contributed by atoms with van der Waals surface area (Å²) in [7, 11) is 1.53. The third-order valence-electron chi connectivity index (χ3n) is 2.32. The molecule has 1 amide bonds. The van der Waals surface area contributed by atoms with Crippen LogP contribution in [0.15, 0.2) is 18.2 Å². The fourth-order valence-corrected chi connectivity index (χ4v) is 1.52. The first kappa shape index (κ1) is 14.2. The van der Waals surface area contributed by atoms with E-state index in [0.29, 0.717) is 16.5 Å². The molecule has 0 fully saturated rings. The second-order valence-electron chi connectivity index (χ2n) is 4.03. The highest BCUT2D eigenvalue weighted by atomic mass is 35.5. The van der Waals surface area contributed by atoms with Crippen LogP contribution in [0.5, 0.6) is 5.75 Å². The molecule has 1 atom stereocenters. The maximum absolute atomic E-state index is 11.8. The first-order chi connectivity index (χ1) is 7.95. The first-order valence-corrected chi connectivity index (χ1v) is 6.17. The Hall–Kier alpha value is -0.870. The van der Waals surface area contributed by atoms with E-state index in [1.54, 1.807) is 18.2 Å². The zero-order chi connectivity index (χ0) is 13.0. The van der Waals surface area contributed by atoms with Crippen LogP contribution in [0.1, 0.15) is 13.8 Å². The number of methoxy groups -OCH3 is 1. The first-order valence-electron chi connectivity index (χ1n) is 5.28. The Kier molecular flexibility index (Phi) is 5.15. The average Bonchev–Trinajstić information content (AvgIpc) is 2.30. The molecule has 5 heteroatoms. The van der Waals surface area contributed by atoms with Crippen LogP contribution < -0.4 is 10.1 Å². The van der Waals surface area contributed by atoms with Crippen LogP contribution >= 0.6 is 24.2 Å². The molecule has 0 aliphatic carbocycles. The Balaban J connectivity index is 2.78. The van der Waals surface area contributed by atoms with Gasteiger partial charge in [-0.05, 0) is 18.1 Å². The van der Waals surface area contributed by atoms with Crippen LogP contribution in [-0.2, 0) is 4.79 Å². The molecule has 1 aromatic carbocycles. The minimum atomic E-state index is -0.336. The van der Waals surface area contributed by atoms with Crippen LogP contribution in [0.25, 0.3) is 0 Å². The monoisotopic (exact) mass is 273 g/mol. The lowest BCUT2D eigenvalue weighted by Crippen LogP contribution is -2.27. The van der Waals surface area contributed by atoms with E-state index in [2.05, 4.69) is 17.9 Å². The number of nitrogens with one attached hydrogen (secondary N) is 1. The minimum absolute atomic E-state index is 0.132. The van der Waals surface area contributed by atoms with Gasteiger partial charge in [-0.2, -0.15) is 12.6 Å². The number of thiol groups is 1. The lowest BCUT2D eigenvalue weighted by Gasteiger charge is -2.15. The quantitative estimate of drug-likeness (QED) is 0.827. The number of benzene rings is 1. The number of rotatable bonds is 4. The highest BCUT2D eigenvalue weighted by Gasteiger charge is 2.17. The normalized spacial score (nSPS) is 12.4. The molecule has 0 aliphatic rings. The van der Waals surface area contributed by atoms with Gasteiger partial charge in [-0.1, -0.05) is 25.4 Å². The zero-order valence-electron chi connectivity index (χ0n) is 10.0. The van der Waals surface area contributed by atoms with Gasteiger partial charge < -0.3 is 10.1 Å². The lowest BCUT2D eigenvalue weighted by molar-refractivity contribution is -0.116. The van der Waals surface area contributed by atoms with Crippen molar-refractivity contribution in [3.05, 3.63) is 23.2 Å². The van der Waals surface area contributed by atoms with Crippen LogP contribution in [0.2, 0.25) is 5.02 Å². The molecule has 94 valence electrons. The molecule has 0 radical (unpaired) electrons. The summed E-state index contributed by atoms with van der Waals surface area (Å²) >= 11 is 10.1. The number of hydrogen-bond donors (Lipinski definition) is 2. The summed E-state index contributed by atoms with van der Waals surface area (Å²) in [6.07, 6.45) is 0. The third-order valence-corrected chi connectivity index (χ3v) is 3.46. The summed E-state index contributed by atoms with van der Waals surface area (Å²) < 4.78 is 5.07. The van der Waals surface area contributed by atoms with E-state index in [0.717, 1.165) is 0 Å². The van der Waals surface area contributed by atoms with E-state index >= 15 is 0 Å². The van der Waals surface area contributed by atoms with Crippen LogP contribution in [0.3, 0.4) is 0 Å². The molecule has 0 heterocycles. The average molecular weight is 274 g/mol. The van der Waals surface area contributed by atoms with Crippen LogP contribution in [0.4, 0.5) is 5.69 Å². The second-order valence-corrected chi connectivity index (χ2v) is 4.99. The molecular weight excluding hydrogens is 258 g/mol. The summed E-state index contributed by atoms with van der Waals surface area (Å²) in [5.41, 5.74) is 0.649. The highest BCUT2D eigenvalue weighted by Crippen LogP contribution is 2.27. The molecule has 17 heavy (non-hydrogen) atoms. The predicted octanol–water partition coefficient (Wildman–Crippen LogP) is 3.24. The van der Waals surface area contributed by atoms with E-state index < -0.39 is 0 Å². The summed E-state index contributed by atoms with van der Waals surface area (Å²) in [5.74, 6) is 0.574. The maximum Gasteiger partial charge on any atom is 0.237 e. The topological polar surface area (TPSA) is 38.3 Å². The van der Waals surface area contributed by atoms with Gasteiger partial charge in [0.1, 0.15) is 5.75 Å². The SMILES string of the molecule is COc1cc(NC(=O)C(S)C(C)C)ccc1Cl. The summed E-state index contributed by atoms with van der Waals surface area (Å²) in [5, 5.41) is 2.95. The molecule has 0 saturated heterocycles. The van der Waals surface area contributed by atoms with Gasteiger partial charge in [0.05, 0.1) is 17.4 Å². The maximum atomic E-state index is 11.8. The van der Waals surface area contributed by atoms with E-state index in [9.17, 15) is 4.79 Å². The molecule has 1 unspecified atom stereocenters. The molecule has 0 bridgehead atoms. The number of ether oxygens (including phenoxy) is 1. The van der Waals surface area contributed by atoms with Crippen LogP contribution in [-0.4, -0.2) is 18.3 Å². The molecule has 0 aromatic heterocycles. The van der Waals surface area contributed by atoms with Crippen molar-refractivity contribution >= 4 is 35.8 Å². The number of anilines is 1. The Labute approximate surface area is 112 Å². The van der Waals surface area contributed by atoms with E-state index in [4.69, 9.17) is 16.3 Å². The summed E-state index contributed by atoms with van der Waals surface area (Å²) in [6.45, 7) is 3.89. The van der Waals surface area contributed by atoms with Crippen molar-refractivity contribution in [2.45, 2.75) is 19.1 Å². The lowest BCUT2D eigenvalue weighted by atomic mass is 10.1. The van der Waals surface area contributed by atoms with Gasteiger partial charge in [0.15, 0.2) is 0 Å². The number of amides is 1. The van der Waals surface area contributed by atoms with Gasteiger partial charge in [-0.25, -0.2) is 0 Å². The molecule has 3 nitrogen and oxygen atoms in total. The minimum Gasteiger partial charge on any atom is -0.495 e. The van der Waals surface area contributed by atoms with Gasteiger partial charge in [0.25, 0.3) is 0 Å². The molecule has 1 aromatic rings. The van der Waals surface area contributed by atoms with E-state index in [1.807, 2.05) is 13.8 Å². The van der Waals surface area contributed by atoms with Crippen molar-refractivity contribution in [2.24, 2.45) is 5.92 Å². The predicted molar refractivity (Wildman–Crippen MR) is 74.2 cm³/mol. The Morgan fingerprint density at radius 3 is 2.65 bits per heavy atom. The fraction of sp³-hybridized carbons (Fsp3) is 0.417. The van der Waals surface area contributed by atoms with E-state index in [-0.39, 0.29) is 17.1 Å². The Morgan fingerprint density at radius 2 is 2.12 bits per heavy atom. The van der Waals surface area contributed by atoms with Crippen molar-refractivity contribution in [2.75, 3.05) is 12.4 Å².